The predicted molar refractivity (Wildman–Crippen MR) is 95.3 cm³/mol. The average Bonchev–Trinajstić information content (AvgIpc) is 2.65. The highest BCUT2D eigenvalue weighted by atomic mass is 16.5. The number of carbonyl (C=O) groups excluding carboxylic acids is 2. The number of carbonyl (C=O) groups is 2. The minimum Gasteiger partial charge on any atom is -0.496 e. The number of benzene rings is 1. The first kappa shape index (κ1) is 19.1. The highest BCUT2D eigenvalue weighted by molar-refractivity contribution is 6.03. The topological polar surface area (TPSA) is 103 Å². The first-order valence-electron chi connectivity index (χ1n) is 8.65. The minimum absolute atomic E-state index is 0.169. The summed E-state index contributed by atoms with van der Waals surface area (Å²) in [5, 5.41) is 5.74. The molecule has 138 valence electrons. The molecule has 1 aliphatic rings. The third-order valence-corrected chi connectivity index (χ3v) is 4.38. The molecule has 1 fully saturated rings. The number of rotatable bonds is 7. The summed E-state index contributed by atoms with van der Waals surface area (Å²) in [7, 11) is 2.95. The molecule has 0 unspecified atom stereocenters. The first-order valence-corrected chi connectivity index (χ1v) is 8.65. The van der Waals surface area contributed by atoms with E-state index >= 15 is 0 Å². The maximum absolute atomic E-state index is 12.7. The number of methoxy groups -OCH3 is 2. The van der Waals surface area contributed by atoms with Gasteiger partial charge in [0.1, 0.15) is 11.5 Å². The van der Waals surface area contributed by atoms with Crippen LogP contribution in [-0.4, -0.2) is 45.2 Å². The van der Waals surface area contributed by atoms with Crippen molar-refractivity contribution < 1.29 is 19.1 Å². The lowest BCUT2D eigenvalue weighted by molar-refractivity contribution is 0.0924. The van der Waals surface area contributed by atoms with Crippen molar-refractivity contribution >= 4 is 11.8 Å². The van der Waals surface area contributed by atoms with E-state index in [1.807, 2.05) is 0 Å². The number of ether oxygens (including phenoxy) is 2. The van der Waals surface area contributed by atoms with E-state index in [2.05, 4.69) is 10.6 Å². The largest absolute Gasteiger partial charge is 0.496 e. The highest BCUT2D eigenvalue weighted by Gasteiger charge is 2.23. The zero-order valence-electron chi connectivity index (χ0n) is 14.9. The summed E-state index contributed by atoms with van der Waals surface area (Å²) in [5.41, 5.74) is 6.03. The number of amides is 2. The van der Waals surface area contributed by atoms with Crippen LogP contribution >= 0.6 is 0 Å². The summed E-state index contributed by atoms with van der Waals surface area (Å²) < 4.78 is 10.6. The molecule has 0 aromatic heterocycles. The normalized spacial score (nSPS) is 14.7. The molecule has 0 saturated heterocycles. The van der Waals surface area contributed by atoms with Crippen molar-refractivity contribution in [2.24, 2.45) is 5.73 Å². The average molecular weight is 349 g/mol. The van der Waals surface area contributed by atoms with Crippen molar-refractivity contribution in [3.63, 3.8) is 0 Å². The summed E-state index contributed by atoms with van der Waals surface area (Å²) in [4.78, 5) is 25.0. The van der Waals surface area contributed by atoms with E-state index in [1.54, 1.807) is 6.07 Å². The molecule has 4 N–H and O–H groups in total. The smallest absolute Gasteiger partial charge is 0.255 e. The van der Waals surface area contributed by atoms with Crippen LogP contribution in [0.25, 0.3) is 0 Å². The SMILES string of the molecule is COc1cc(OC)c(C(=O)NC2CCCCC2)cc1C(=O)NCCN. The Labute approximate surface area is 148 Å². The molecule has 1 aliphatic carbocycles. The van der Waals surface area contributed by atoms with Gasteiger partial charge in [0.25, 0.3) is 11.8 Å². The van der Waals surface area contributed by atoms with Crippen LogP contribution in [-0.2, 0) is 0 Å². The second-order valence-electron chi connectivity index (χ2n) is 6.11. The second kappa shape index (κ2) is 9.27. The summed E-state index contributed by atoms with van der Waals surface area (Å²) in [6.45, 7) is 0.677. The van der Waals surface area contributed by atoms with E-state index in [9.17, 15) is 9.59 Å². The lowest BCUT2D eigenvalue weighted by Gasteiger charge is -2.23. The molecule has 0 atom stereocenters. The van der Waals surface area contributed by atoms with Gasteiger partial charge in [-0.3, -0.25) is 9.59 Å². The van der Waals surface area contributed by atoms with Gasteiger partial charge < -0.3 is 25.8 Å². The van der Waals surface area contributed by atoms with Gasteiger partial charge in [-0.25, -0.2) is 0 Å². The Morgan fingerprint density at radius 2 is 1.64 bits per heavy atom. The molecule has 1 saturated carbocycles. The Morgan fingerprint density at radius 1 is 1.04 bits per heavy atom. The lowest BCUT2D eigenvalue weighted by Crippen LogP contribution is -2.36. The maximum Gasteiger partial charge on any atom is 0.255 e. The van der Waals surface area contributed by atoms with Gasteiger partial charge in [-0.05, 0) is 18.9 Å². The second-order valence-corrected chi connectivity index (χ2v) is 6.11. The van der Waals surface area contributed by atoms with Crippen molar-refractivity contribution in [3.8, 4) is 11.5 Å². The van der Waals surface area contributed by atoms with Crippen LogP contribution < -0.4 is 25.8 Å². The van der Waals surface area contributed by atoms with Crippen LogP contribution in [0.15, 0.2) is 12.1 Å². The quantitative estimate of drug-likeness (QED) is 0.691. The van der Waals surface area contributed by atoms with Gasteiger partial charge in [0.05, 0.1) is 25.3 Å². The fourth-order valence-electron chi connectivity index (χ4n) is 3.04. The Kier molecular flexibility index (Phi) is 7.06. The molecular weight excluding hydrogens is 322 g/mol. The molecule has 2 amide bonds. The van der Waals surface area contributed by atoms with E-state index in [0.29, 0.717) is 30.2 Å². The maximum atomic E-state index is 12.7. The third kappa shape index (κ3) is 4.85. The third-order valence-electron chi connectivity index (χ3n) is 4.38. The van der Waals surface area contributed by atoms with E-state index < -0.39 is 0 Å². The van der Waals surface area contributed by atoms with Crippen LogP contribution in [0.2, 0.25) is 0 Å². The number of nitrogens with two attached hydrogens (primary N) is 1. The van der Waals surface area contributed by atoms with Gasteiger partial charge in [0.2, 0.25) is 0 Å². The van der Waals surface area contributed by atoms with Gasteiger partial charge in [-0.2, -0.15) is 0 Å². The molecule has 7 nitrogen and oxygen atoms in total. The fourth-order valence-corrected chi connectivity index (χ4v) is 3.04. The van der Waals surface area contributed by atoms with Crippen LogP contribution in [0, 0.1) is 0 Å². The van der Waals surface area contributed by atoms with Crippen molar-refractivity contribution in [2.45, 2.75) is 38.1 Å². The molecule has 2 rings (SSSR count). The standard InChI is InChI=1S/C18H27N3O4/c1-24-15-11-16(25-2)14(10-13(15)17(22)20-9-8-19)18(23)21-12-6-4-3-5-7-12/h10-12H,3-9,19H2,1-2H3,(H,20,22)(H,21,23). The molecule has 1 aromatic rings. The van der Waals surface area contributed by atoms with Gasteiger partial charge in [-0.1, -0.05) is 19.3 Å². The van der Waals surface area contributed by atoms with Crippen molar-refractivity contribution in [1.29, 1.82) is 0 Å². The number of hydrogen-bond donors (Lipinski definition) is 3. The molecule has 0 radical (unpaired) electrons. The van der Waals surface area contributed by atoms with Gasteiger partial charge >= 0.3 is 0 Å². The summed E-state index contributed by atoms with van der Waals surface area (Å²) in [6, 6.07) is 3.25. The molecule has 1 aromatic carbocycles. The summed E-state index contributed by atoms with van der Waals surface area (Å²) in [6.07, 6.45) is 5.42. The lowest BCUT2D eigenvalue weighted by atomic mass is 9.95. The summed E-state index contributed by atoms with van der Waals surface area (Å²) >= 11 is 0. The zero-order chi connectivity index (χ0) is 18.2. The summed E-state index contributed by atoms with van der Waals surface area (Å²) in [5.74, 6) is 0.150. The molecule has 0 spiro atoms. The van der Waals surface area contributed by atoms with Crippen LogP contribution in [0.4, 0.5) is 0 Å². The molecule has 25 heavy (non-hydrogen) atoms. The number of hydrogen-bond acceptors (Lipinski definition) is 5. The van der Waals surface area contributed by atoms with Crippen LogP contribution in [0.5, 0.6) is 11.5 Å². The Morgan fingerprint density at radius 3 is 2.20 bits per heavy atom. The van der Waals surface area contributed by atoms with E-state index in [4.69, 9.17) is 15.2 Å². The fraction of sp³-hybridized carbons (Fsp3) is 0.556. The van der Waals surface area contributed by atoms with Crippen molar-refractivity contribution in [1.82, 2.24) is 10.6 Å². The predicted octanol–water partition coefficient (Wildman–Crippen LogP) is 1.45. The van der Waals surface area contributed by atoms with E-state index in [0.717, 1.165) is 25.7 Å². The van der Waals surface area contributed by atoms with Gasteiger partial charge in [0, 0.05) is 25.2 Å². The van der Waals surface area contributed by atoms with Gasteiger partial charge in [-0.15, -0.1) is 0 Å². The Bertz CT molecular complexity index is 613. The number of nitrogens with one attached hydrogen (secondary N) is 2. The minimum atomic E-state index is -0.336. The van der Waals surface area contributed by atoms with E-state index in [-0.39, 0.29) is 23.4 Å². The van der Waals surface area contributed by atoms with Crippen molar-refractivity contribution in [3.05, 3.63) is 23.3 Å². The molecule has 0 bridgehead atoms. The monoisotopic (exact) mass is 349 g/mol. The first-order chi connectivity index (χ1) is 12.1. The van der Waals surface area contributed by atoms with Crippen molar-refractivity contribution in [2.75, 3.05) is 27.3 Å². The van der Waals surface area contributed by atoms with Crippen LogP contribution in [0.3, 0.4) is 0 Å². The molecule has 0 aliphatic heterocycles. The zero-order valence-corrected chi connectivity index (χ0v) is 14.9. The highest BCUT2D eigenvalue weighted by Crippen LogP contribution is 2.29. The Balaban J connectivity index is 2.27. The molecular formula is C18H27N3O4. The molecule has 7 heteroatoms. The van der Waals surface area contributed by atoms with Gasteiger partial charge in [0.15, 0.2) is 0 Å². The molecule has 0 heterocycles. The Hall–Kier alpha value is -2.28. The van der Waals surface area contributed by atoms with Crippen LogP contribution in [0.1, 0.15) is 52.8 Å². The van der Waals surface area contributed by atoms with E-state index in [1.165, 1.54) is 26.7 Å².